The Kier molecular flexibility index (Phi) is 4.61. The lowest BCUT2D eigenvalue weighted by Gasteiger charge is -2.28. The molecule has 2 N–H and O–H groups in total. The summed E-state index contributed by atoms with van der Waals surface area (Å²) in [4.78, 5) is 23.9. The standard InChI is InChI=1S/C17H21FN2O3/c1-2-23-15(21)9-20-14-5-3-4-11-10(14)6-7-19-16(11)17(22)12-8-13(12)18/h3-5,12-13,16,19-20H,2,6-9H2,1H3/t12?,13-,16?/m0/s1. The fraction of sp³-hybridized carbons (Fsp3) is 0.529. The molecule has 124 valence electrons. The molecule has 2 aliphatic rings. The van der Waals surface area contributed by atoms with Crippen LogP contribution in [-0.4, -0.2) is 37.6 Å². The number of fused-ring (bicyclic) bond motifs is 1. The topological polar surface area (TPSA) is 67.4 Å². The van der Waals surface area contributed by atoms with E-state index in [9.17, 15) is 14.0 Å². The van der Waals surface area contributed by atoms with E-state index in [1.54, 1.807) is 6.92 Å². The van der Waals surface area contributed by atoms with Crippen LogP contribution in [0.2, 0.25) is 0 Å². The van der Waals surface area contributed by atoms with Crippen LogP contribution in [0.4, 0.5) is 10.1 Å². The van der Waals surface area contributed by atoms with Crippen LogP contribution in [0.15, 0.2) is 18.2 Å². The molecule has 0 bridgehead atoms. The van der Waals surface area contributed by atoms with E-state index in [4.69, 9.17) is 4.74 Å². The predicted molar refractivity (Wildman–Crippen MR) is 84.0 cm³/mol. The van der Waals surface area contributed by atoms with Gasteiger partial charge < -0.3 is 15.4 Å². The molecule has 0 saturated heterocycles. The third kappa shape index (κ3) is 3.37. The van der Waals surface area contributed by atoms with Gasteiger partial charge in [0.2, 0.25) is 0 Å². The Morgan fingerprint density at radius 2 is 2.22 bits per heavy atom. The van der Waals surface area contributed by atoms with Crippen molar-refractivity contribution in [1.82, 2.24) is 5.32 Å². The van der Waals surface area contributed by atoms with Crippen molar-refractivity contribution >= 4 is 17.4 Å². The van der Waals surface area contributed by atoms with Gasteiger partial charge in [-0.25, -0.2) is 4.39 Å². The van der Waals surface area contributed by atoms with E-state index in [1.165, 1.54) is 0 Å². The highest BCUT2D eigenvalue weighted by molar-refractivity contribution is 5.91. The molecular weight excluding hydrogens is 299 g/mol. The SMILES string of the molecule is CCOC(=O)CNc1cccc2c1CCNC2C(=O)C1C[C@@H]1F. The van der Waals surface area contributed by atoms with Gasteiger partial charge in [0.15, 0.2) is 5.78 Å². The molecule has 1 saturated carbocycles. The quantitative estimate of drug-likeness (QED) is 0.782. The Morgan fingerprint density at radius 3 is 2.91 bits per heavy atom. The van der Waals surface area contributed by atoms with Gasteiger partial charge in [-0.2, -0.15) is 0 Å². The number of carbonyl (C=O) groups is 2. The minimum atomic E-state index is -0.986. The highest BCUT2D eigenvalue weighted by Crippen LogP contribution is 2.40. The van der Waals surface area contributed by atoms with Crippen molar-refractivity contribution in [1.29, 1.82) is 0 Å². The third-order valence-corrected chi connectivity index (χ3v) is 4.34. The molecule has 3 rings (SSSR count). The Hall–Kier alpha value is -1.95. The summed E-state index contributed by atoms with van der Waals surface area (Å²) in [7, 11) is 0. The van der Waals surface area contributed by atoms with Crippen molar-refractivity contribution in [2.24, 2.45) is 5.92 Å². The maximum absolute atomic E-state index is 13.2. The average molecular weight is 320 g/mol. The van der Waals surface area contributed by atoms with Crippen LogP contribution >= 0.6 is 0 Å². The molecule has 1 fully saturated rings. The number of Topliss-reactive ketones (excluding diaryl/α,β-unsaturated/α-hetero) is 1. The molecular formula is C17H21FN2O3. The van der Waals surface area contributed by atoms with E-state index in [2.05, 4.69) is 10.6 Å². The molecule has 5 nitrogen and oxygen atoms in total. The lowest BCUT2D eigenvalue weighted by atomic mass is 9.89. The molecule has 2 unspecified atom stereocenters. The molecule has 6 heteroatoms. The van der Waals surface area contributed by atoms with Crippen LogP contribution in [0.3, 0.4) is 0 Å². The summed E-state index contributed by atoms with van der Waals surface area (Å²) in [6.45, 7) is 2.86. The number of benzene rings is 1. The smallest absolute Gasteiger partial charge is 0.325 e. The normalized spacial score (nSPS) is 25.4. The number of alkyl halides is 1. The van der Waals surface area contributed by atoms with Gasteiger partial charge >= 0.3 is 5.97 Å². The van der Waals surface area contributed by atoms with Gasteiger partial charge in [-0.15, -0.1) is 0 Å². The molecule has 0 amide bonds. The number of ketones is 1. The molecule has 0 radical (unpaired) electrons. The number of rotatable bonds is 6. The summed E-state index contributed by atoms with van der Waals surface area (Å²) in [5.41, 5.74) is 2.74. The lowest BCUT2D eigenvalue weighted by molar-refractivity contribution is -0.140. The first-order chi connectivity index (χ1) is 11.1. The van der Waals surface area contributed by atoms with Gasteiger partial charge in [0, 0.05) is 12.2 Å². The second-order valence-electron chi connectivity index (χ2n) is 5.93. The molecule has 1 aromatic rings. The van der Waals surface area contributed by atoms with Crippen LogP contribution in [-0.2, 0) is 20.7 Å². The van der Waals surface area contributed by atoms with Crippen LogP contribution in [0, 0.1) is 5.92 Å². The fourth-order valence-electron chi connectivity index (χ4n) is 3.08. The van der Waals surface area contributed by atoms with E-state index < -0.39 is 18.1 Å². The van der Waals surface area contributed by atoms with Crippen LogP contribution in [0.1, 0.15) is 30.5 Å². The van der Waals surface area contributed by atoms with Gasteiger partial charge in [0.05, 0.1) is 18.6 Å². The zero-order valence-corrected chi connectivity index (χ0v) is 13.1. The van der Waals surface area contributed by atoms with Crippen LogP contribution in [0.25, 0.3) is 0 Å². The van der Waals surface area contributed by atoms with Gasteiger partial charge in [0.1, 0.15) is 12.7 Å². The second-order valence-corrected chi connectivity index (χ2v) is 5.93. The monoisotopic (exact) mass is 320 g/mol. The molecule has 1 aromatic carbocycles. The van der Waals surface area contributed by atoms with Crippen molar-refractivity contribution < 1.29 is 18.7 Å². The Morgan fingerprint density at radius 1 is 1.43 bits per heavy atom. The summed E-state index contributed by atoms with van der Waals surface area (Å²) >= 11 is 0. The number of anilines is 1. The molecule has 23 heavy (non-hydrogen) atoms. The maximum atomic E-state index is 13.2. The molecule has 1 aliphatic heterocycles. The Balaban J connectivity index is 1.77. The van der Waals surface area contributed by atoms with Crippen molar-refractivity contribution in [2.75, 3.05) is 25.0 Å². The van der Waals surface area contributed by atoms with Crippen molar-refractivity contribution in [2.45, 2.75) is 32.0 Å². The van der Waals surface area contributed by atoms with Crippen LogP contribution < -0.4 is 10.6 Å². The zero-order chi connectivity index (χ0) is 16.4. The van der Waals surface area contributed by atoms with E-state index in [0.29, 0.717) is 19.6 Å². The number of halogens is 1. The number of esters is 1. The lowest BCUT2D eigenvalue weighted by Crippen LogP contribution is -2.36. The summed E-state index contributed by atoms with van der Waals surface area (Å²) in [6, 6.07) is 5.18. The highest BCUT2D eigenvalue weighted by atomic mass is 19.1. The second kappa shape index (κ2) is 6.66. The third-order valence-electron chi connectivity index (χ3n) is 4.34. The van der Waals surface area contributed by atoms with Gasteiger partial charge in [0.25, 0.3) is 0 Å². The molecule has 0 aromatic heterocycles. The molecule has 0 spiro atoms. The van der Waals surface area contributed by atoms with Gasteiger partial charge in [-0.1, -0.05) is 12.1 Å². The first kappa shape index (κ1) is 15.9. The first-order valence-corrected chi connectivity index (χ1v) is 8.04. The number of hydrogen-bond donors (Lipinski definition) is 2. The first-order valence-electron chi connectivity index (χ1n) is 8.04. The summed E-state index contributed by atoms with van der Waals surface area (Å²) in [6.07, 6.45) is 0.113. The summed E-state index contributed by atoms with van der Waals surface area (Å²) in [5.74, 6) is -0.847. The van der Waals surface area contributed by atoms with E-state index in [0.717, 1.165) is 23.2 Å². The van der Waals surface area contributed by atoms with E-state index in [-0.39, 0.29) is 18.3 Å². The number of nitrogens with one attached hydrogen (secondary N) is 2. The van der Waals surface area contributed by atoms with Crippen molar-refractivity contribution in [3.63, 3.8) is 0 Å². The van der Waals surface area contributed by atoms with Gasteiger partial charge in [-0.3, -0.25) is 9.59 Å². The Labute approximate surface area is 134 Å². The summed E-state index contributed by atoms with van der Waals surface area (Å²) in [5, 5.41) is 6.28. The van der Waals surface area contributed by atoms with E-state index >= 15 is 0 Å². The summed E-state index contributed by atoms with van der Waals surface area (Å²) < 4.78 is 18.1. The molecule has 3 atom stereocenters. The van der Waals surface area contributed by atoms with E-state index in [1.807, 2.05) is 18.2 Å². The fourth-order valence-corrected chi connectivity index (χ4v) is 3.08. The minimum absolute atomic E-state index is 0.0685. The number of carbonyl (C=O) groups excluding carboxylic acids is 2. The van der Waals surface area contributed by atoms with Crippen molar-refractivity contribution in [3.8, 4) is 0 Å². The Bertz CT molecular complexity index is 620. The molecule has 1 heterocycles. The number of hydrogen-bond acceptors (Lipinski definition) is 5. The molecule has 1 aliphatic carbocycles. The predicted octanol–water partition coefficient (Wildman–Crippen LogP) is 1.78. The minimum Gasteiger partial charge on any atom is -0.465 e. The average Bonchev–Trinajstić information content (AvgIpc) is 3.28. The zero-order valence-electron chi connectivity index (χ0n) is 13.1. The maximum Gasteiger partial charge on any atom is 0.325 e. The highest BCUT2D eigenvalue weighted by Gasteiger charge is 2.47. The largest absolute Gasteiger partial charge is 0.465 e. The number of ether oxygens (including phenoxy) is 1. The van der Waals surface area contributed by atoms with Gasteiger partial charge in [-0.05, 0) is 37.0 Å². The van der Waals surface area contributed by atoms with Crippen LogP contribution in [0.5, 0.6) is 0 Å². The van der Waals surface area contributed by atoms with Crippen molar-refractivity contribution in [3.05, 3.63) is 29.3 Å².